The van der Waals surface area contributed by atoms with Crippen LogP contribution in [0.25, 0.3) is 11.5 Å². The van der Waals surface area contributed by atoms with Crippen LogP contribution >= 0.6 is 11.6 Å². The van der Waals surface area contributed by atoms with Crippen LogP contribution in [0, 0.1) is 18.7 Å². The Labute approximate surface area is 146 Å². The smallest absolute Gasteiger partial charge is 0.262 e. The molecule has 8 heteroatoms. The SMILES string of the molecule is Cc1c(Cl)cc(F)c(-n2c(=O)cc(F)n3ccnc23)c1CC1(C)CO1. The van der Waals surface area contributed by atoms with E-state index >= 15 is 0 Å². The van der Waals surface area contributed by atoms with Gasteiger partial charge in [0.2, 0.25) is 11.7 Å². The van der Waals surface area contributed by atoms with E-state index < -0.39 is 22.9 Å². The molecule has 5 nitrogen and oxygen atoms in total. The second-order valence-corrected chi connectivity index (χ2v) is 6.85. The van der Waals surface area contributed by atoms with Gasteiger partial charge in [-0.15, -0.1) is 0 Å². The van der Waals surface area contributed by atoms with Gasteiger partial charge in [-0.25, -0.2) is 13.9 Å². The topological polar surface area (TPSA) is 51.8 Å². The molecule has 25 heavy (non-hydrogen) atoms. The molecule has 4 rings (SSSR count). The van der Waals surface area contributed by atoms with E-state index in [-0.39, 0.29) is 16.5 Å². The highest BCUT2D eigenvalue weighted by atomic mass is 35.5. The maximum Gasteiger partial charge on any atom is 0.262 e. The Morgan fingerprint density at radius 1 is 1.40 bits per heavy atom. The van der Waals surface area contributed by atoms with Crippen molar-refractivity contribution >= 4 is 17.4 Å². The monoisotopic (exact) mass is 365 g/mol. The molecule has 1 aliphatic heterocycles. The number of imidazole rings is 1. The molecular weight excluding hydrogens is 352 g/mol. The number of fused-ring (bicyclic) bond motifs is 1. The summed E-state index contributed by atoms with van der Waals surface area (Å²) in [5.41, 5.74) is 0.0884. The molecule has 0 saturated carbocycles. The van der Waals surface area contributed by atoms with Crippen molar-refractivity contribution in [2.24, 2.45) is 0 Å². The van der Waals surface area contributed by atoms with E-state index in [1.807, 2.05) is 6.92 Å². The van der Waals surface area contributed by atoms with Gasteiger partial charge in [0.1, 0.15) is 5.82 Å². The van der Waals surface area contributed by atoms with Gasteiger partial charge in [0.05, 0.1) is 24.0 Å². The Kier molecular flexibility index (Phi) is 3.49. The second kappa shape index (κ2) is 5.37. The fraction of sp³-hybridized carbons (Fsp3) is 0.294. The van der Waals surface area contributed by atoms with Crippen molar-refractivity contribution < 1.29 is 13.5 Å². The van der Waals surface area contributed by atoms with E-state index in [0.29, 0.717) is 24.2 Å². The average molecular weight is 366 g/mol. The molecule has 1 aliphatic rings. The van der Waals surface area contributed by atoms with Crippen molar-refractivity contribution in [3.05, 3.63) is 62.8 Å². The maximum atomic E-state index is 14.9. The summed E-state index contributed by atoms with van der Waals surface area (Å²) in [5.74, 6) is -1.44. The minimum absolute atomic E-state index is 0.00580. The van der Waals surface area contributed by atoms with Gasteiger partial charge in [-0.05, 0) is 31.0 Å². The van der Waals surface area contributed by atoms with Crippen LogP contribution in [0.3, 0.4) is 0 Å². The summed E-state index contributed by atoms with van der Waals surface area (Å²) >= 11 is 6.14. The van der Waals surface area contributed by atoms with Crippen molar-refractivity contribution in [2.45, 2.75) is 25.9 Å². The van der Waals surface area contributed by atoms with Crippen LogP contribution in [0.5, 0.6) is 0 Å². The van der Waals surface area contributed by atoms with Gasteiger partial charge in [-0.3, -0.25) is 9.20 Å². The first-order chi connectivity index (χ1) is 11.8. The molecular formula is C17H14ClF2N3O2. The number of hydrogen-bond acceptors (Lipinski definition) is 3. The van der Waals surface area contributed by atoms with Crippen LogP contribution in [0.15, 0.2) is 29.3 Å². The van der Waals surface area contributed by atoms with E-state index in [0.717, 1.165) is 21.1 Å². The Morgan fingerprint density at radius 2 is 2.12 bits per heavy atom. The van der Waals surface area contributed by atoms with Crippen molar-refractivity contribution in [3.8, 4) is 5.69 Å². The van der Waals surface area contributed by atoms with Crippen molar-refractivity contribution in [2.75, 3.05) is 6.61 Å². The highest BCUT2D eigenvalue weighted by Crippen LogP contribution is 2.37. The molecule has 0 spiro atoms. The molecule has 1 saturated heterocycles. The van der Waals surface area contributed by atoms with Gasteiger partial charge in [0.15, 0.2) is 0 Å². The Hall–Kier alpha value is -2.25. The van der Waals surface area contributed by atoms with Gasteiger partial charge < -0.3 is 4.74 Å². The number of epoxide rings is 1. The van der Waals surface area contributed by atoms with Gasteiger partial charge in [-0.2, -0.15) is 4.39 Å². The number of rotatable bonds is 3. The summed E-state index contributed by atoms with van der Waals surface area (Å²) < 4.78 is 36.4. The maximum absolute atomic E-state index is 14.9. The Morgan fingerprint density at radius 3 is 2.80 bits per heavy atom. The highest BCUT2D eigenvalue weighted by Gasteiger charge is 2.41. The summed E-state index contributed by atoms with van der Waals surface area (Å²) in [6.45, 7) is 4.19. The molecule has 0 amide bonds. The molecule has 0 N–H and O–H groups in total. The van der Waals surface area contributed by atoms with E-state index in [1.54, 1.807) is 6.92 Å². The summed E-state index contributed by atoms with van der Waals surface area (Å²) in [7, 11) is 0. The Balaban J connectivity index is 2.08. The molecule has 2 aromatic heterocycles. The zero-order chi connectivity index (χ0) is 17.9. The third-order valence-corrected chi connectivity index (χ3v) is 4.89. The second-order valence-electron chi connectivity index (χ2n) is 6.45. The number of hydrogen-bond donors (Lipinski definition) is 0. The normalized spacial score (nSPS) is 19.6. The predicted molar refractivity (Wildman–Crippen MR) is 88.5 cm³/mol. The lowest BCUT2D eigenvalue weighted by Crippen LogP contribution is -2.25. The molecule has 1 fully saturated rings. The minimum Gasteiger partial charge on any atom is -0.370 e. The first-order valence-corrected chi connectivity index (χ1v) is 8.05. The Bertz CT molecular complexity index is 1070. The fourth-order valence-electron chi connectivity index (χ4n) is 2.98. The van der Waals surface area contributed by atoms with Crippen LogP contribution in [0.2, 0.25) is 5.02 Å². The van der Waals surface area contributed by atoms with Crippen LogP contribution in [-0.4, -0.2) is 26.2 Å². The third kappa shape index (κ3) is 2.54. The molecule has 0 bridgehead atoms. The minimum atomic E-state index is -0.765. The molecule has 0 aliphatic carbocycles. The van der Waals surface area contributed by atoms with Crippen molar-refractivity contribution in [3.63, 3.8) is 0 Å². The summed E-state index contributed by atoms with van der Waals surface area (Å²) in [6.07, 6.45) is 3.09. The van der Waals surface area contributed by atoms with Gasteiger partial charge >= 0.3 is 0 Å². The number of aromatic nitrogens is 3. The summed E-state index contributed by atoms with van der Waals surface area (Å²) in [6, 6.07) is 1.96. The molecule has 1 aromatic carbocycles. The van der Waals surface area contributed by atoms with Crippen LogP contribution in [-0.2, 0) is 11.2 Å². The molecule has 1 unspecified atom stereocenters. The predicted octanol–water partition coefficient (Wildman–Crippen LogP) is 3.06. The van der Waals surface area contributed by atoms with Gasteiger partial charge in [-0.1, -0.05) is 11.6 Å². The summed E-state index contributed by atoms with van der Waals surface area (Å²) in [4.78, 5) is 16.5. The zero-order valence-corrected chi connectivity index (χ0v) is 14.3. The number of ether oxygens (including phenoxy) is 1. The van der Waals surface area contributed by atoms with Crippen LogP contribution in [0.1, 0.15) is 18.1 Å². The lowest BCUT2D eigenvalue weighted by atomic mass is 9.95. The van der Waals surface area contributed by atoms with Crippen molar-refractivity contribution in [1.29, 1.82) is 0 Å². The van der Waals surface area contributed by atoms with Gasteiger partial charge in [0.25, 0.3) is 5.56 Å². The first kappa shape index (κ1) is 16.2. The first-order valence-electron chi connectivity index (χ1n) is 7.67. The largest absolute Gasteiger partial charge is 0.370 e. The standard InChI is InChI=1S/C17H14ClF2N3O2/c1-9-10(7-17(2)8-25-17)15(12(19)5-11(9)18)23-14(24)6-13(20)22-4-3-21-16(22)23/h3-6H,7-8H2,1-2H3. The average Bonchev–Trinajstić information content (AvgIpc) is 3.07. The van der Waals surface area contributed by atoms with E-state index in [9.17, 15) is 13.6 Å². The molecule has 130 valence electrons. The molecule has 3 heterocycles. The zero-order valence-electron chi connectivity index (χ0n) is 13.5. The molecule has 3 aromatic rings. The van der Waals surface area contributed by atoms with Crippen LogP contribution in [0.4, 0.5) is 8.78 Å². The molecule has 0 radical (unpaired) electrons. The third-order valence-electron chi connectivity index (χ3n) is 4.50. The lowest BCUT2D eigenvalue weighted by molar-refractivity contribution is 0.321. The number of nitrogens with zero attached hydrogens (tertiary/aromatic N) is 3. The molecule has 1 atom stereocenters. The van der Waals surface area contributed by atoms with Gasteiger partial charge in [0, 0.05) is 23.8 Å². The summed E-state index contributed by atoms with van der Waals surface area (Å²) in [5, 5.41) is 0.259. The van der Waals surface area contributed by atoms with E-state index in [1.165, 1.54) is 12.4 Å². The number of benzene rings is 1. The number of halogens is 3. The lowest BCUT2D eigenvalue weighted by Gasteiger charge is -2.19. The quantitative estimate of drug-likeness (QED) is 0.529. The van der Waals surface area contributed by atoms with Crippen LogP contribution < -0.4 is 5.56 Å². The van der Waals surface area contributed by atoms with E-state index in [2.05, 4.69) is 4.98 Å². The van der Waals surface area contributed by atoms with Crippen molar-refractivity contribution in [1.82, 2.24) is 14.0 Å². The highest BCUT2D eigenvalue weighted by molar-refractivity contribution is 6.31. The fourth-order valence-corrected chi connectivity index (χ4v) is 3.19. The van der Waals surface area contributed by atoms with E-state index in [4.69, 9.17) is 16.3 Å².